The maximum absolute atomic E-state index is 14.8. The van der Waals surface area contributed by atoms with Crippen LogP contribution in [0.2, 0.25) is 0 Å². The molecule has 0 saturated carbocycles. The summed E-state index contributed by atoms with van der Waals surface area (Å²) in [5, 5.41) is 20.2. The van der Waals surface area contributed by atoms with Gasteiger partial charge >= 0.3 is 6.18 Å². The maximum Gasteiger partial charge on any atom is 0.426 e. The highest BCUT2D eigenvalue weighted by Gasteiger charge is 2.58. The molecule has 4 heterocycles. The van der Waals surface area contributed by atoms with E-state index in [1.54, 1.807) is 13.0 Å². The fourth-order valence-electron chi connectivity index (χ4n) is 4.39. The first-order valence-corrected chi connectivity index (χ1v) is 12.0. The summed E-state index contributed by atoms with van der Waals surface area (Å²) in [4.78, 5) is 39.1. The van der Waals surface area contributed by atoms with Gasteiger partial charge in [0, 0.05) is 23.9 Å². The van der Waals surface area contributed by atoms with E-state index in [2.05, 4.69) is 25.5 Å². The number of fused-ring (bicyclic) bond motifs is 1. The average molecular weight is 583 g/mol. The van der Waals surface area contributed by atoms with Gasteiger partial charge in [0.1, 0.15) is 30.7 Å². The quantitative estimate of drug-likeness (QED) is 0.211. The van der Waals surface area contributed by atoms with Crippen LogP contribution in [0.1, 0.15) is 29.8 Å². The molecule has 4 N–H and O–H groups in total. The molecule has 0 spiro atoms. The summed E-state index contributed by atoms with van der Waals surface area (Å²) in [7, 11) is 2.64. The molecule has 1 aliphatic rings. The van der Waals surface area contributed by atoms with Crippen molar-refractivity contribution >= 4 is 28.9 Å². The second-order valence-electron chi connectivity index (χ2n) is 9.37. The molecule has 1 saturated heterocycles. The van der Waals surface area contributed by atoms with Crippen molar-refractivity contribution in [2.75, 3.05) is 33.0 Å². The second-order valence-corrected chi connectivity index (χ2v) is 9.37. The van der Waals surface area contributed by atoms with Crippen LogP contribution >= 0.6 is 0 Å². The number of likely N-dealkylation sites (tertiary alicyclic amines) is 1. The molecule has 3 aromatic heterocycles. The van der Waals surface area contributed by atoms with Crippen molar-refractivity contribution in [2.24, 2.45) is 5.16 Å². The Hall–Kier alpha value is -4.54. The lowest BCUT2D eigenvalue weighted by atomic mass is 10.1. The van der Waals surface area contributed by atoms with Gasteiger partial charge in [-0.05, 0) is 26.0 Å². The number of ether oxygens (including phenoxy) is 1. The van der Waals surface area contributed by atoms with Crippen molar-refractivity contribution in [1.82, 2.24) is 29.8 Å². The lowest BCUT2D eigenvalue weighted by Gasteiger charge is -2.29. The van der Waals surface area contributed by atoms with Gasteiger partial charge in [-0.25, -0.2) is 18.9 Å². The van der Waals surface area contributed by atoms with Crippen molar-refractivity contribution in [3.8, 4) is 17.1 Å². The van der Waals surface area contributed by atoms with Crippen molar-refractivity contribution in [1.29, 1.82) is 0 Å². The Morgan fingerprint density at radius 1 is 1.20 bits per heavy atom. The molecule has 0 aliphatic carbocycles. The van der Waals surface area contributed by atoms with Crippen LogP contribution in [0.3, 0.4) is 0 Å². The fraction of sp³-hybridized carbons (Fsp3) is 0.417. The van der Waals surface area contributed by atoms with Gasteiger partial charge in [-0.15, -0.1) is 0 Å². The molecule has 2 amide bonds. The van der Waals surface area contributed by atoms with Gasteiger partial charge < -0.3 is 30.6 Å². The molecule has 0 bridgehead atoms. The highest BCUT2D eigenvalue weighted by molar-refractivity contribution is 6.08. The van der Waals surface area contributed by atoms with Crippen LogP contribution in [0.15, 0.2) is 29.8 Å². The number of nitrogens with one attached hydrogen (secondary N) is 1. The zero-order chi connectivity index (χ0) is 30.3. The minimum absolute atomic E-state index is 0.125. The number of alkyl halides is 4. The Bertz CT molecular complexity index is 1520. The van der Waals surface area contributed by atoms with Gasteiger partial charge in [-0.3, -0.25) is 9.59 Å². The third-order valence-corrected chi connectivity index (χ3v) is 6.61. The number of halogens is 4. The number of carbonyl (C=O) groups excluding carboxylic acids is 2. The molecule has 0 radical (unpaired) electrons. The lowest BCUT2D eigenvalue weighted by molar-refractivity contribution is -0.249. The lowest BCUT2D eigenvalue weighted by Crippen LogP contribution is -2.56. The van der Waals surface area contributed by atoms with Crippen molar-refractivity contribution in [2.45, 2.75) is 37.8 Å². The van der Waals surface area contributed by atoms with Crippen LogP contribution in [0.5, 0.6) is 5.88 Å². The molecule has 13 nitrogen and oxygen atoms in total. The van der Waals surface area contributed by atoms with E-state index in [1.807, 2.05) is 0 Å². The van der Waals surface area contributed by atoms with Crippen molar-refractivity contribution < 1.29 is 41.8 Å². The smallest absolute Gasteiger partial charge is 0.426 e. The van der Waals surface area contributed by atoms with Crippen LogP contribution in [0.4, 0.5) is 23.4 Å². The zero-order valence-corrected chi connectivity index (χ0v) is 22.2. The molecule has 3 aromatic rings. The molecule has 3 atom stereocenters. The number of nitrogen functional groups attached to an aromatic ring is 1. The Morgan fingerprint density at radius 3 is 2.54 bits per heavy atom. The van der Waals surface area contributed by atoms with E-state index in [4.69, 9.17) is 15.3 Å². The summed E-state index contributed by atoms with van der Waals surface area (Å²) in [6.45, 7) is 0.605. The molecule has 41 heavy (non-hydrogen) atoms. The first-order chi connectivity index (χ1) is 19.2. The SMILES string of the molecule is CO/N=C(/C)c1cc(-c2cnc(OC)c(C(=O)N[C@@H]3CN(C(=O)C(C)(O)C(F)(F)F)C[C@@H]3F)c2)n2ncnc(N)c12. The van der Waals surface area contributed by atoms with Crippen LogP contribution in [-0.2, 0) is 9.63 Å². The topological polar surface area (TPSA) is 170 Å². The number of pyridine rings is 1. The second kappa shape index (κ2) is 10.8. The molecular formula is C24H26F4N8O5. The third kappa shape index (κ3) is 5.31. The summed E-state index contributed by atoms with van der Waals surface area (Å²) < 4.78 is 60.8. The van der Waals surface area contributed by atoms with E-state index in [9.17, 15) is 32.3 Å². The number of anilines is 1. The van der Waals surface area contributed by atoms with Gasteiger partial charge in [0.15, 0.2) is 5.82 Å². The summed E-state index contributed by atoms with van der Waals surface area (Å²) >= 11 is 0. The van der Waals surface area contributed by atoms with Gasteiger partial charge in [0.05, 0.1) is 31.1 Å². The minimum Gasteiger partial charge on any atom is -0.480 e. The average Bonchev–Trinajstić information content (AvgIpc) is 3.48. The highest BCUT2D eigenvalue weighted by Crippen LogP contribution is 2.33. The number of methoxy groups -OCH3 is 1. The molecule has 220 valence electrons. The Kier molecular flexibility index (Phi) is 7.75. The minimum atomic E-state index is -5.27. The van der Waals surface area contributed by atoms with Gasteiger partial charge in [-0.2, -0.15) is 18.3 Å². The molecule has 0 aromatic carbocycles. The number of amides is 2. The molecular weight excluding hydrogens is 556 g/mol. The van der Waals surface area contributed by atoms with Crippen molar-refractivity contribution in [3.63, 3.8) is 0 Å². The molecule has 17 heteroatoms. The number of aliphatic hydroxyl groups is 1. The Balaban J connectivity index is 1.66. The molecule has 4 rings (SSSR count). The highest BCUT2D eigenvalue weighted by atomic mass is 19.4. The van der Waals surface area contributed by atoms with E-state index in [0.717, 1.165) is 0 Å². The van der Waals surface area contributed by atoms with E-state index in [1.165, 1.54) is 37.3 Å². The number of aromatic nitrogens is 4. The van der Waals surface area contributed by atoms with Gasteiger partial charge in [0.25, 0.3) is 11.8 Å². The first-order valence-electron chi connectivity index (χ1n) is 12.0. The van der Waals surface area contributed by atoms with Crippen LogP contribution in [0, 0.1) is 0 Å². The van der Waals surface area contributed by atoms with Crippen LogP contribution in [0.25, 0.3) is 16.8 Å². The predicted molar refractivity (Wildman–Crippen MR) is 136 cm³/mol. The number of oxime groups is 1. The van der Waals surface area contributed by atoms with E-state index < -0.39 is 48.9 Å². The molecule has 1 aliphatic heterocycles. The normalized spacial score (nSPS) is 19.2. The van der Waals surface area contributed by atoms with Crippen LogP contribution < -0.4 is 15.8 Å². The van der Waals surface area contributed by atoms with Gasteiger partial charge in [-0.1, -0.05) is 5.16 Å². The summed E-state index contributed by atoms with van der Waals surface area (Å²) in [5.41, 5.74) is 4.42. The monoisotopic (exact) mass is 582 g/mol. The number of hydrogen-bond acceptors (Lipinski definition) is 10. The maximum atomic E-state index is 14.8. The fourth-order valence-corrected chi connectivity index (χ4v) is 4.39. The standard InChI is InChI=1S/C24H26F4N8O5/c1-11(34-41-4)13-6-17(36-18(13)19(29)31-10-32-36)12-5-14(21(40-3)30-7-12)20(37)33-16-9-35(8-15(16)25)22(38)23(2,39)24(26,27)28/h5-7,10,15-16,39H,8-9H2,1-4H3,(H,33,37)(H2,29,31,32)/b34-11-/t15-,16+,23?/m0/s1. The summed E-state index contributed by atoms with van der Waals surface area (Å²) in [5.74, 6) is -2.58. The third-order valence-electron chi connectivity index (χ3n) is 6.61. The Morgan fingerprint density at radius 2 is 1.90 bits per heavy atom. The number of hydrogen-bond donors (Lipinski definition) is 3. The van der Waals surface area contributed by atoms with E-state index in [0.29, 0.717) is 32.9 Å². The van der Waals surface area contributed by atoms with Gasteiger partial charge in [0.2, 0.25) is 11.5 Å². The van der Waals surface area contributed by atoms with E-state index in [-0.39, 0.29) is 24.2 Å². The zero-order valence-electron chi connectivity index (χ0n) is 22.2. The number of nitrogens with zero attached hydrogens (tertiary/aromatic N) is 6. The van der Waals surface area contributed by atoms with E-state index >= 15 is 0 Å². The predicted octanol–water partition coefficient (Wildman–Crippen LogP) is 1.34. The van der Waals surface area contributed by atoms with Crippen LogP contribution in [-0.4, -0.2) is 98.4 Å². The summed E-state index contributed by atoms with van der Waals surface area (Å²) in [6, 6.07) is 1.70. The molecule has 1 fully saturated rings. The number of nitrogens with two attached hydrogens (primary N) is 1. The Labute approximate surface area is 229 Å². The summed E-state index contributed by atoms with van der Waals surface area (Å²) in [6.07, 6.45) is -4.56. The number of carbonyl (C=O) groups is 2. The molecule has 1 unspecified atom stereocenters. The van der Waals surface area contributed by atoms with Crippen molar-refractivity contribution in [3.05, 3.63) is 35.8 Å². The number of rotatable bonds is 7. The largest absolute Gasteiger partial charge is 0.480 e. The first kappa shape index (κ1) is 29.4.